The van der Waals surface area contributed by atoms with Crippen LogP contribution in [0.15, 0.2) is 121 Å². The van der Waals surface area contributed by atoms with Gasteiger partial charge in [0.1, 0.15) is 12.4 Å². The molecule has 0 aliphatic carbocycles. The number of ether oxygens (including phenoxy) is 1. The third kappa shape index (κ3) is 3.60. The number of pyridine rings is 1. The van der Waals surface area contributed by atoms with E-state index in [2.05, 4.69) is 131 Å². The van der Waals surface area contributed by atoms with Crippen molar-refractivity contribution in [1.29, 1.82) is 0 Å². The summed E-state index contributed by atoms with van der Waals surface area (Å²) in [6, 6.07) is 40.8. The van der Waals surface area contributed by atoms with Gasteiger partial charge in [0.05, 0.1) is 23.0 Å². The van der Waals surface area contributed by atoms with Gasteiger partial charge in [-0.25, -0.2) is 4.98 Å². The summed E-state index contributed by atoms with van der Waals surface area (Å²) < 4.78 is 11.2. The zero-order valence-electron chi connectivity index (χ0n) is 22.1. The molecule has 0 bridgehead atoms. The summed E-state index contributed by atoms with van der Waals surface area (Å²) in [5.74, 6) is 1.92. The normalized spacial score (nSPS) is 13.3. The molecule has 0 amide bonds. The first kappa shape index (κ1) is 23.0. The molecule has 0 atom stereocenters. The Kier molecular flexibility index (Phi) is 5.37. The number of benzene rings is 5. The Balaban J connectivity index is 1.40. The molecule has 0 saturated heterocycles. The smallest absolute Gasteiger partial charge is 0.255 e. The molecule has 0 fully saturated rings. The van der Waals surface area contributed by atoms with Gasteiger partial charge in [-0.15, -0.1) is 0 Å². The van der Waals surface area contributed by atoms with Crippen LogP contribution in [0.4, 0.5) is 0 Å². The number of aryl methyl sites for hydroxylation is 1. The maximum atomic E-state index is 6.53. The van der Waals surface area contributed by atoms with Gasteiger partial charge in [-0.1, -0.05) is 66.7 Å². The van der Waals surface area contributed by atoms with E-state index in [9.17, 15) is 0 Å². The van der Waals surface area contributed by atoms with E-state index in [0.717, 1.165) is 65.4 Å². The molecule has 8 rings (SSSR count). The second-order valence-electron chi connectivity index (χ2n) is 10.4. The number of imidazole rings is 1. The van der Waals surface area contributed by atoms with Crippen molar-refractivity contribution in [2.24, 2.45) is 0 Å². The lowest BCUT2D eigenvalue weighted by Crippen LogP contribution is -2.35. The van der Waals surface area contributed by atoms with Crippen LogP contribution in [0, 0.1) is 0 Å². The summed E-state index contributed by atoms with van der Waals surface area (Å²) in [6.07, 6.45) is 4.35. The van der Waals surface area contributed by atoms with E-state index in [4.69, 9.17) is 9.72 Å². The topological polar surface area (TPSA) is 30.9 Å². The largest absolute Gasteiger partial charge is 0.487 e. The Bertz CT molecular complexity index is 2040. The van der Waals surface area contributed by atoms with Crippen molar-refractivity contribution in [1.82, 2.24) is 9.55 Å². The lowest BCUT2D eigenvalue weighted by molar-refractivity contribution is -0.672. The van der Waals surface area contributed by atoms with Crippen LogP contribution in [-0.2, 0) is 6.54 Å². The minimum absolute atomic E-state index is 0.734. The number of para-hydroxylation sites is 3. The molecule has 0 unspecified atom stereocenters. The van der Waals surface area contributed by atoms with Crippen molar-refractivity contribution in [2.75, 3.05) is 6.61 Å². The summed E-state index contributed by atoms with van der Waals surface area (Å²) in [4.78, 5) is 5.16. The molecule has 7 aromatic rings. The van der Waals surface area contributed by atoms with E-state index < -0.39 is 0 Å². The van der Waals surface area contributed by atoms with E-state index in [1.54, 1.807) is 0 Å². The van der Waals surface area contributed by atoms with Crippen molar-refractivity contribution in [3.05, 3.63) is 121 Å². The highest BCUT2D eigenvalue weighted by Crippen LogP contribution is 2.42. The van der Waals surface area contributed by atoms with Gasteiger partial charge in [0.2, 0.25) is 0 Å². The average Bonchev–Trinajstić information content (AvgIpc) is 3.39. The molecule has 192 valence electrons. The van der Waals surface area contributed by atoms with Gasteiger partial charge in [0.25, 0.3) is 5.52 Å². The van der Waals surface area contributed by atoms with Crippen LogP contribution in [0.3, 0.4) is 0 Å². The van der Waals surface area contributed by atoms with Crippen LogP contribution >= 0.6 is 0 Å². The monoisotopic (exact) mass is 518 g/mol. The SMILES string of the molecule is c1ccc(-n2c(-c3cccc4c(-c5ccc6ccc[n+]7c6c5OCCCC7)cccc34)nc3ccccc32)cc1. The molecule has 1 aliphatic heterocycles. The zero-order chi connectivity index (χ0) is 26.5. The van der Waals surface area contributed by atoms with Crippen molar-refractivity contribution in [3.63, 3.8) is 0 Å². The lowest BCUT2D eigenvalue weighted by Gasteiger charge is -2.18. The predicted octanol–water partition coefficient (Wildman–Crippen LogP) is 8.13. The summed E-state index contributed by atoms with van der Waals surface area (Å²) in [5.41, 5.74) is 7.78. The fourth-order valence-electron chi connectivity index (χ4n) is 6.23. The van der Waals surface area contributed by atoms with Gasteiger partial charge < -0.3 is 4.74 Å². The van der Waals surface area contributed by atoms with Crippen LogP contribution in [0.5, 0.6) is 5.75 Å². The third-order valence-electron chi connectivity index (χ3n) is 8.06. The van der Waals surface area contributed by atoms with Crippen molar-refractivity contribution < 1.29 is 9.30 Å². The Morgan fingerprint density at radius 3 is 2.35 bits per heavy atom. The molecule has 0 radical (unpaired) electrons. The Hall–Kier alpha value is -4.96. The highest BCUT2D eigenvalue weighted by Gasteiger charge is 2.23. The minimum Gasteiger partial charge on any atom is -0.487 e. The molecule has 5 aromatic carbocycles. The van der Waals surface area contributed by atoms with Gasteiger partial charge in [-0.05, 0) is 65.2 Å². The first-order chi connectivity index (χ1) is 19.9. The summed E-state index contributed by atoms with van der Waals surface area (Å²) in [5, 5.41) is 3.57. The molecular formula is C36H28N3O+. The van der Waals surface area contributed by atoms with E-state index >= 15 is 0 Å². The van der Waals surface area contributed by atoms with Gasteiger partial charge in [0.15, 0.2) is 11.9 Å². The fourth-order valence-corrected chi connectivity index (χ4v) is 6.23. The summed E-state index contributed by atoms with van der Waals surface area (Å²) in [7, 11) is 0. The summed E-state index contributed by atoms with van der Waals surface area (Å²) >= 11 is 0. The maximum Gasteiger partial charge on any atom is 0.255 e. The molecular weight excluding hydrogens is 490 g/mol. The second-order valence-corrected chi connectivity index (χ2v) is 10.4. The van der Waals surface area contributed by atoms with Crippen molar-refractivity contribution >= 4 is 32.7 Å². The van der Waals surface area contributed by atoms with Gasteiger partial charge >= 0.3 is 0 Å². The number of aromatic nitrogens is 3. The minimum atomic E-state index is 0.734. The number of nitrogens with zero attached hydrogens (tertiary/aromatic N) is 3. The Morgan fingerprint density at radius 2 is 1.45 bits per heavy atom. The third-order valence-corrected chi connectivity index (χ3v) is 8.06. The molecule has 2 aromatic heterocycles. The fraction of sp³-hybridized carbons (Fsp3) is 0.111. The van der Waals surface area contributed by atoms with Crippen LogP contribution < -0.4 is 9.30 Å². The molecule has 4 nitrogen and oxygen atoms in total. The molecule has 0 N–H and O–H groups in total. The number of fused-ring (bicyclic) bond motifs is 2. The number of hydrogen-bond acceptors (Lipinski definition) is 2. The van der Waals surface area contributed by atoms with Crippen molar-refractivity contribution in [2.45, 2.75) is 19.4 Å². The first-order valence-electron chi connectivity index (χ1n) is 14.0. The van der Waals surface area contributed by atoms with Crippen LogP contribution in [0.2, 0.25) is 0 Å². The first-order valence-corrected chi connectivity index (χ1v) is 14.0. The van der Waals surface area contributed by atoms with E-state index in [1.165, 1.54) is 27.2 Å². The van der Waals surface area contributed by atoms with E-state index in [-0.39, 0.29) is 0 Å². The standard InChI is InChI=1S/C36H28N3O/c1-2-12-26(13-3-1)39-33-19-5-4-18-32(33)37-36(39)31-17-9-14-27-28(15-8-16-29(27)31)30-21-20-25-11-10-23-38-22-6-7-24-40-35(30)34(25)38/h1-5,8-21,23H,6-7,22,24H2/q+1. The van der Waals surface area contributed by atoms with Gasteiger partial charge in [-0.2, -0.15) is 4.57 Å². The van der Waals surface area contributed by atoms with Gasteiger partial charge in [0, 0.05) is 29.3 Å². The zero-order valence-corrected chi connectivity index (χ0v) is 22.1. The predicted molar refractivity (Wildman–Crippen MR) is 162 cm³/mol. The summed E-state index contributed by atoms with van der Waals surface area (Å²) in [6.45, 7) is 1.74. The average molecular weight is 519 g/mol. The molecule has 0 saturated carbocycles. The molecule has 1 aliphatic rings. The van der Waals surface area contributed by atoms with E-state index in [0.29, 0.717) is 0 Å². The Morgan fingerprint density at radius 1 is 0.650 bits per heavy atom. The quantitative estimate of drug-likeness (QED) is 0.221. The highest BCUT2D eigenvalue weighted by molar-refractivity contribution is 6.06. The van der Waals surface area contributed by atoms with Crippen molar-refractivity contribution in [3.8, 4) is 34.0 Å². The Labute approximate surface area is 232 Å². The van der Waals surface area contributed by atoms with Gasteiger partial charge in [-0.3, -0.25) is 4.57 Å². The maximum absolute atomic E-state index is 6.53. The van der Waals surface area contributed by atoms with Crippen LogP contribution in [0.1, 0.15) is 12.8 Å². The number of hydrogen-bond donors (Lipinski definition) is 0. The highest BCUT2D eigenvalue weighted by atomic mass is 16.5. The lowest BCUT2D eigenvalue weighted by atomic mass is 9.93. The number of rotatable bonds is 3. The van der Waals surface area contributed by atoms with Crippen LogP contribution in [0.25, 0.3) is 60.9 Å². The second kappa shape index (κ2) is 9.35. The molecule has 3 heterocycles. The van der Waals surface area contributed by atoms with E-state index in [1.807, 2.05) is 0 Å². The molecule has 40 heavy (non-hydrogen) atoms. The van der Waals surface area contributed by atoms with Crippen LogP contribution in [-0.4, -0.2) is 16.2 Å². The molecule has 4 heteroatoms. The molecule has 0 spiro atoms.